The molecule has 134 valence electrons. The second-order valence-corrected chi connectivity index (χ2v) is 8.51. The maximum atomic E-state index is 12.4. The molecule has 0 saturated heterocycles. The standard InChI is InChI=1S/C16H19N3O3S3/c1-23-10-7-14(15(20)18-16-17-9-11-24-16)19-25(21,22)12-8-13-5-3-2-4-6-13/h2-6,8-9,11-12,14,19H,7,10H2,1H3,(H,17,18,20)/b12-8-/t14-/m0/s1. The van der Waals surface area contributed by atoms with Crippen LogP contribution in [-0.2, 0) is 14.8 Å². The molecule has 2 aromatic rings. The maximum Gasteiger partial charge on any atom is 0.244 e. The van der Waals surface area contributed by atoms with Crippen LogP contribution < -0.4 is 10.0 Å². The predicted octanol–water partition coefficient (Wildman–Crippen LogP) is 2.79. The third-order valence-corrected chi connectivity index (χ3v) is 5.58. The molecular formula is C16H19N3O3S3. The summed E-state index contributed by atoms with van der Waals surface area (Å²) in [4.78, 5) is 16.3. The first-order chi connectivity index (χ1) is 12.0. The first-order valence-electron chi connectivity index (χ1n) is 7.45. The summed E-state index contributed by atoms with van der Waals surface area (Å²) in [7, 11) is -3.75. The smallest absolute Gasteiger partial charge is 0.244 e. The van der Waals surface area contributed by atoms with Gasteiger partial charge in [0.15, 0.2) is 5.13 Å². The number of sulfonamides is 1. The molecule has 0 aliphatic heterocycles. The minimum absolute atomic E-state index is 0.386. The van der Waals surface area contributed by atoms with Crippen LogP contribution in [0.1, 0.15) is 12.0 Å². The molecule has 0 fully saturated rings. The lowest BCUT2D eigenvalue weighted by atomic mass is 10.2. The Hall–Kier alpha value is -1.68. The van der Waals surface area contributed by atoms with Crippen molar-refractivity contribution in [2.45, 2.75) is 12.5 Å². The Balaban J connectivity index is 2.06. The SMILES string of the molecule is CSCC[C@H](NS(=O)(=O)/C=C\c1ccccc1)C(=O)Nc1nccs1. The number of nitrogens with one attached hydrogen (secondary N) is 2. The number of thioether (sulfide) groups is 1. The average molecular weight is 398 g/mol. The van der Waals surface area contributed by atoms with Crippen LogP contribution in [0.15, 0.2) is 47.3 Å². The van der Waals surface area contributed by atoms with Gasteiger partial charge in [-0.3, -0.25) is 4.79 Å². The van der Waals surface area contributed by atoms with E-state index in [0.29, 0.717) is 17.3 Å². The molecular weight excluding hydrogens is 378 g/mol. The molecule has 0 aliphatic rings. The normalized spacial score (nSPS) is 13.0. The van der Waals surface area contributed by atoms with Crippen molar-refractivity contribution >= 4 is 50.2 Å². The number of carbonyl (C=O) groups is 1. The zero-order valence-corrected chi connectivity index (χ0v) is 16.0. The van der Waals surface area contributed by atoms with E-state index in [0.717, 1.165) is 11.0 Å². The molecule has 1 amide bonds. The summed E-state index contributed by atoms with van der Waals surface area (Å²) in [5.74, 6) is 0.238. The van der Waals surface area contributed by atoms with Crippen molar-refractivity contribution in [3.63, 3.8) is 0 Å². The second kappa shape index (κ2) is 9.71. The lowest BCUT2D eigenvalue weighted by Crippen LogP contribution is -2.43. The highest BCUT2D eigenvalue weighted by atomic mass is 32.2. The summed E-state index contributed by atoms with van der Waals surface area (Å²) >= 11 is 2.82. The summed E-state index contributed by atoms with van der Waals surface area (Å²) in [6.45, 7) is 0. The lowest BCUT2D eigenvalue weighted by molar-refractivity contribution is -0.117. The number of hydrogen-bond acceptors (Lipinski definition) is 6. The monoisotopic (exact) mass is 397 g/mol. The van der Waals surface area contributed by atoms with E-state index < -0.39 is 22.0 Å². The van der Waals surface area contributed by atoms with Crippen molar-refractivity contribution in [3.8, 4) is 0 Å². The highest BCUT2D eigenvalue weighted by Crippen LogP contribution is 2.12. The Labute approximate surface area is 155 Å². The van der Waals surface area contributed by atoms with Gasteiger partial charge in [0.25, 0.3) is 0 Å². The molecule has 0 unspecified atom stereocenters. The van der Waals surface area contributed by atoms with E-state index in [1.54, 1.807) is 35.5 Å². The van der Waals surface area contributed by atoms with Gasteiger partial charge in [-0.25, -0.2) is 13.4 Å². The molecule has 2 rings (SSSR count). The van der Waals surface area contributed by atoms with Crippen molar-refractivity contribution in [2.75, 3.05) is 17.3 Å². The van der Waals surface area contributed by atoms with Gasteiger partial charge in [0.1, 0.15) is 6.04 Å². The third kappa shape index (κ3) is 6.99. The Morgan fingerprint density at radius 1 is 1.36 bits per heavy atom. The summed E-state index contributed by atoms with van der Waals surface area (Å²) in [6, 6.07) is 8.23. The molecule has 25 heavy (non-hydrogen) atoms. The van der Waals surface area contributed by atoms with Crippen molar-refractivity contribution < 1.29 is 13.2 Å². The molecule has 0 saturated carbocycles. The van der Waals surface area contributed by atoms with E-state index in [-0.39, 0.29) is 0 Å². The minimum Gasteiger partial charge on any atom is -0.301 e. The molecule has 6 nitrogen and oxygen atoms in total. The Morgan fingerprint density at radius 3 is 2.76 bits per heavy atom. The van der Waals surface area contributed by atoms with Crippen molar-refractivity contribution in [1.29, 1.82) is 0 Å². The van der Waals surface area contributed by atoms with Crippen molar-refractivity contribution in [1.82, 2.24) is 9.71 Å². The predicted molar refractivity (Wildman–Crippen MR) is 105 cm³/mol. The van der Waals surface area contributed by atoms with E-state index in [4.69, 9.17) is 0 Å². The Bertz CT molecular complexity index is 791. The van der Waals surface area contributed by atoms with E-state index in [9.17, 15) is 13.2 Å². The van der Waals surface area contributed by atoms with Crippen LogP contribution in [0.4, 0.5) is 5.13 Å². The maximum absolute atomic E-state index is 12.4. The Kier molecular flexibility index (Phi) is 7.63. The van der Waals surface area contributed by atoms with E-state index in [1.165, 1.54) is 17.4 Å². The second-order valence-electron chi connectivity index (χ2n) is 5.04. The fourth-order valence-corrected chi connectivity index (χ4v) is 3.97. The van der Waals surface area contributed by atoms with E-state index >= 15 is 0 Å². The molecule has 0 spiro atoms. The summed E-state index contributed by atoms with van der Waals surface area (Å²) in [6.07, 6.45) is 5.35. The van der Waals surface area contributed by atoms with Crippen LogP contribution in [0.2, 0.25) is 0 Å². The molecule has 2 N–H and O–H groups in total. The van der Waals surface area contributed by atoms with Crippen LogP contribution in [-0.4, -0.2) is 37.4 Å². The third-order valence-electron chi connectivity index (χ3n) is 3.14. The molecule has 1 heterocycles. The molecule has 0 radical (unpaired) electrons. The zero-order valence-electron chi connectivity index (χ0n) is 13.6. The summed E-state index contributed by atoms with van der Waals surface area (Å²) in [5.41, 5.74) is 0.765. The van der Waals surface area contributed by atoms with Gasteiger partial charge >= 0.3 is 0 Å². The number of anilines is 1. The number of hydrogen-bond donors (Lipinski definition) is 2. The van der Waals surface area contributed by atoms with Gasteiger partial charge in [-0.05, 0) is 30.1 Å². The zero-order chi connectivity index (χ0) is 18.1. The topological polar surface area (TPSA) is 88.2 Å². The first kappa shape index (κ1) is 19.6. The van der Waals surface area contributed by atoms with E-state index in [1.807, 2.05) is 24.5 Å². The number of thiazole rings is 1. The quantitative estimate of drug-likeness (QED) is 0.679. The number of nitrogens with zero attached hydrogens (tertiary/aromatic N) is 1. The minimum atomic E-state index is -3.75. The molecule has 9 heteroatoms. The fourth-order valence-electron chi connectivity index (χ4n) is 1.93. The van der Waals surface area contributed by atoms with Gasteiger partial charge in [-0.2, -0.15) is 16.5 Å². The molecule has 1 aromatic heterocycles. The molecule has 0 aliphatic carbocycles. The van der Waals surface area contributed by atoms with E-state index in [2.05, 4.69) is 15.0 Å². The van der Waals surface area contributed by atoms with Crippen LogP contribution >= 0.6 is 23.1 Å². The number of carbonyl (C=O) groups excluding carboxylic acids is 1. The van der Waals surface area contributed by atoms with Crippen molar-refractivity contribution in [2.24, 2.45) is 0 Å². The molecule has 1 atom stereocenters. The van der Waals surface area contributed by atoms with Crippen LogP contribution in [0.3, 0.4) is 0 Å². The molecule has 0 bridgehead atoms. The number of aromatic nitrogens is 1. The van der Waals surface area contributed by atoms with Crippen LogP contribution in [0.5, 0.6) is 0 Å². The van der Waals surface area contributed by atoms with Gasteiger partial charge in [0.2, 0.25) is 15.9 Å². The van der Waals surface area contributed by atoms with Gasteiger partial charge in [-0.15, -0.1) is 11.3 Å². The highest BCUT2D eigenvalue weighted by molar-refractivity contribution is 7.98. The van der Waals surface area contributed by atoms with Crippen LogP contribution in [0, 0.1) is 0 Å². The molecule has 1 aromatic carbocycles. The summed E-state index contributed by atoms with van der Waals surface area (Å²) < 4.78 is 27.0. The van der Waals surface area contributed by atoms with Gasteiger partial charge in [-0.1, -0.05) is 30.3 Å². The number of rotatable bonds is 9. The summed E-state index contributed by atoms with van der Waals surface area (Å²) in [5, 5.41) is 5.89. The van der Waals surface area contributed by atoms with Gasteiger partial charge in [0, 0.05) is 17.0 Å². The van der Waals surface area contributed by atoms with Gasteiger partial charge in [0.05, 0.1) is 0 Å². The number of amides is 1. The first-order valence-corrected chi connectivity index (χ1v) is 11.3. The average Bonchev–Trinajstić information content (AvgIpc) is 3.10. The fraction of sp³-hybridized carbons (Fsp3) is 0.250. The lowest BCUT2D eigenvalue weighted by Gasteiger charge is -2.16. The highest BCUT2D eigenvalue weighted by Gasteiger charge is 2.23. The largest absolute Gasteiger partial charge is 0.301 e. The van der Waals surface area contributed by atoms with Crippen LogP contribution in [0.25, 0.3) is 6.08 Å². The Morgan fingerprint density at radius 2 is 2.12 bits per heavy atom. The number of benzene rings is 1. The van der Waals surface area contributed by atoms with Crippen molar-refractivity contribution in [3.05, 3.63) is 52.9 Å². The van der Waals surface area contributed by atoms with Gasteiger partial charge < -0.3 is 5.32 Å².